The minimum Gasteiger partial charge on any atom is -0.485 e. The van der Waals surface area contributed by atoms with E-state index in [1.165, 1.54) is 12.5 Å². The highest BCUT2D eigenvalue weighted by Gasteiger charge is 2.27. The number of rotatable bonds is 5. The van der Waals surface area contributed by atoms with Gasteiger partial charge in [0, 0.05) is 12.1 Å². The Morgan fingerprint density at radius 3 is 2.91 bits per heavy atom. The Balaban J connectivity index is 1.47. The van der Waals surface area contributed by atoms with Crippen LogP contribution in [0.5, 0.6) is 11.5 Å². The fraction of sp³-hybridized carbons (Fsp3) is 0.312. The number of benzene rings is 1. The Bertz CT molecular complexity index is 625. The average molecular weight is 303 g/mol. The van der Waals surface area contributed by atoms with Crippen LogP contribution in [0, 0.1) is 0 Å². The van der Waals surface area contributed by atoms with E-state index in [-0.39, 0.29) is 12.5 Å². The Morgan fingerprint density at radius 2 is 2.14 bits per heavy atom. The topological polar surface area (TPSA) is 80.9 Å². The number of carbonyl (C=O) groups excluding carboxylic acids is 1. The van der Waals surface area contributed by atoms with E-state index in [9.17, 15) is 9.90 Å². The van der Waals surface area contributed by atoms with Gasteiger partial charge >= 0.3 is 0 Å². The molecule has 6 nitrogen and oxygen atoms in total. The number of fused-ring (bicyclic) bond motifs is 1. The van der Waals surface area contributed by atoms with Gasteiger partial charge in [0.25, 0.3) is 5.91 Å². The zero-order chi connectivity index (χ0) is 15.4. The van der Waals surface area contributed by atoms with Crippen LogP contribution in [-0.4, -0.2) is 30.3 Å². The zero-order valence-corrected chi connectivity index (χ0v) is 11.9. The average Bonchev–Trinajstić information content (AvgIpc) is 3.08. The highest BCUT2D eigenvalue weighted by Crippen LogP contribution is 2.30. The summed E-state index contributed by atoms with van der Waals surface area (Å²) in [5.41, 5.74) is 0.695. The van der Waals surface area contributed by atoms with Gasteiger partial charge in [-0.15, -0.1) is 0 Å². The van der Waals surface area contributed by atoms with E-state index in [0.29, 0.717) is 30.0 Å². The highest BCUT2D eigenvalue weighted by atomic mass is 16.6. The van der Waals surface area contributed by atoms with Crippen molar-refractivity contribution in [3.63, 3.8) is 0 Å². The number of aliphatic hydroxyl groups excluding tert-OH is 1. The third-order valence-electron chi connectivity index (χ3n) is 3.45. The van der Waals surface area contributed by atoms with Crippen molar-refractivity contribution in [1.82, 2.24) is 5.32 Å². The molecule has 1 aliphatic rings. The monoisotopic (exact) mass is 303 g/mol. The zero-order valence-electron chi connectivity index (χ0n) is 11.9. The van der Waals surface area contributed by atoms with Gasteiger partial charge in [-0.05, 0) is 24.6 Å². The lowest BCUT2D eigenvalue weighted by atomic mass is 10.1. The van der Waals surface area contributed by atoms with E-state index in [2.05, 4.69) is 5.32 Å². The van der Waals surface area contributed by atoms with E-state index in [1.54, 1.807) is 18.2 Å². The molecule has 0 fully saturated rings. The summed E-state index contributed by atoms with van der Waals surface area (Å²) < 4.78 is 16.0. The third kappa shape index (κ3) is 3.23. The molecule has 1 aromatic carbocycles. The molecule has 2 N–H and O–H groups in total. The van der Waals surface area contributed by atoms with Crippen LogP contribution >= 0.6 is 0 Å². The number of amides is 1. The predicted octanol–water partition coefficient (Wildman–Crippen LogP) is 1.66. The minimum absolute atomic E-state index is 0.174. The maximum Gasteiger partial charge on any atom is 0.264 e. The summed E-state index contributed by atoms with van der Waals surface area (Å²) >= 11 is 0. The number of para-hydroxylation sites is 2. The van der Waals surface area contributed by atoms with Crippen LogP contribution < -0.4 is 14.8 Å². The second-order valence-corrected chi connectivity index (χ2v) is 5.02. The molecule has 2 atom stereocenters. The quantitative estimate of drug-likeness (QED) is 0.878. The van der Waals surface area contributed by atoms with Crippen molar-refractivity contribution in [3.05, 3.63) is 48.4 Å². The van der Waals surface area contributed by atoms with Gasteiger partial charge in [-0.2, -0.15) is 0 Å². The van der Waals surface area contributed by atoms with Gasteiger partial charge in [0.1, 0.15) is 6.61 Å². The van der Waals surface area contributed by atoms with Gasteiger partial charge in [-0.1, -0.05) is 12.1 Å². The Morgan fingerprint density at radius 1 is 1.32 bits per heavy atom. The van der Waals surface area contributed by atoms with Crippen molar-refractivity contribution in [2.24, 2.45) is 0 Å². The van der Waals surface area contributed by atoms with Crippen molar-refractivity contribution in [1.29, 1.82) is 0 Å². The molecule has 0 radical (unpaired) electrons. The molecule has 0 saturated heterocycles. The molecule has 0 bridgehead atoms. The van der Waals surface area contributed by atoms with Gasteiger partial charge < -0.3 is 24.3 Å². The third-order valence-corrected chi connectivity index (χ3v) is 3.45. The number of aliphatic hydroxyl groups is 1. The van der Waals surface area contributed by atoms with Gasteiger partial charge in [-0.25, -0.2) is 0 Å². The van der Waals surface area contributed by atoms with E-state index in [1.807, 2.05) is 12.1 Å². The van der Waals surface area contributed by atoms with Gasteiger partial charge in [-0.3, -0.25) is 4.79 Å². The molecule has 2 heterocycles. The summed E-state index contributed by atoms with van der Waals surface area (Å²) in [4.78, 5) is 12.1. The second-order valence-electron chi connectivity index (χ2n) is 5.02. The molecular formula is C16H17NO5. The standard InChI is InChI=1S/C16H17NO5/c18-12(11-6-8-20-9-11)5-7-17-16(19)15-10-21-13-3-1-2-4-14(13)22-15/h1-4,6,8-9,12,15,18H,5,7,10H2,(H,17,19). The largest absolute Gasteiger partial charge is 0.485 e. The van der Waals surface area contributed by atoms with E-state index >= 15 is 0 Å². The first-order valence-corrected chi connectivity index (χ1v) is 7.10. The summed E-state index contributed by atoms with van der Waals surface area (Å²) in [7, 11) is 0. The van der Waals surface area contributed by atoms with Crippen LogP contribution in [0.2, 0.25) is 0 Å². The molecule has 0 saturated carbocycles. The van der Waals surface area contributed by atoms with Crippen LogP contribution in [0.3, 0.4) is 0 Å². The number of hydrogen-bond donors (Lipinski definition) is 2. The molecule has 1 aliphatic heterocycles. The predicted molar refractivity (Wildman–Crippen MR) is 77.6 cm³/mol. The lowest BCUT2D eigenvalue weighted by Gasteiger charge is -2.25. The maximum atomic E-state index is 12.1. The second kappa shape index (κ2) is 6.53. The summed E-state index contributed by atoms with van der Waals surface area (Å²) in [5, 5.41) is 12.6. The summed E-state index contributed by atoms with van der Waals surface area (Å²) in [6.45, 7) is 0.514. The molecule has 2 unspecified atom stereocenters. The molecular weight excluding hydrogens is 286 g/mol. The van der Waals surface area contributed by atoms with Crippen molar-refractivity contribution in [2.45, 2.75) is 18.6 Å². The number of hydrogen-bond acceptors (Lipinski definition) is 5. The van der Waals surface area contributed by atoms with Crippen molar-refractivity contribution in [2.75, 3.05) is 13.2 Å². The van der Waals surface area contributed by atoms with Crippen molar-refractivity contribution < 1.29 is 23.8 Å². The van der Waals surface area contributed by atoms with E-state index < -0.39 is 12.2 Å². The molecule has 3 rings (SSSR count). The summed E-state index contributed by atoms with van der Waals surface area (Å²) in [6, 6.07) is 8.92. The molecule has 0 aliphatic carbocycles. The van der Waals surface area contributed by atoms with Gasteiger partial charge in [0.15, 0.2) is 11.5 Å². The van der Waals surface area contributed by atoms with Gasteiger partial charge in [0.2, 0.25) is 6.10 Å². The maximum absolute atomic E-state index is 12.1. The number of furan rings is 1. The number of nitrogens with one attached hydrogen (secondary N) is 1. The van der Waals surface area contributed by atoms with Crippen LogP contribution in [0.1, 0.15) is 18.1 Å². The number of ether oxygens (including phenoxy) is 2. The van der Waals surface area contributed by atoms with Crippen LogP contribution in [0.4, 0.5) is 0 Å². The molecule has 116 valence electrons. The summed E-state index contributed by atoms with van der Waals surface area (Å²) in [6.07, 6.45) is 2.04. The number of carbonyl (C=O) groups is 1. The first kappa shape index (κ1) is 14.5. The van der Waals surface area contributed by atoms with Crippen molar-refractivity contribution >= 4 is 5.91 Å². The molecule has 6 heteroatoms. The summed E-state index contributed by atoms with van der Waals surface area (Å²) in [5.74, 6) is 0.947. The minimum atomic E-state index is -0.680. The molecule has 0 spiro atoms. The fourth-order valence-corrected chi connectivity index (χ4v) is 2.23. The normalized spacial score (nSPS) is 17.8. The Labute approximate surface area is 127 Å². The first-order valence-electron chi connectivity index (χ1n) is 7.10. The molecule has 1 amide bonds. The SMILES string of the molecule is O=C(NCCC(O)c1ccoc1)C1COc2ccccc2O1. The lowest BCUT2D eigenvalue weighted by Crippen LogP contribution is -2.44. The Kier molecular flexibility index (Phi) is 4.29. The van der Waals surface area contributed by atoms with Crippen LogP contribution in [0.25, 0.3) is 0 Å². The van der Waals surface area contributed by atoms with Crippen molar-refractivity contribution in [3.8, 4) is 11.5 Å². The highest BCUT2D eigenvalue weighted by molar-refractivity contribution is 5.81. The fourth-order valence-electron chi connectivity index (χ4n) is 2.23. The first-order chi connectivity index (χ1) is 10.7. The molecule has 1 aromatic heterocycles. The van der Waals surface area contributed by atoms with Crippen LogP contribution in [0.15, 0.2) is 47.3 Å². The smallest absolute Gasteiger partial charge is 0.264 e. The van der Waals surface area contributed by atoms with E-state index in [4.69, 9.17) is 13.9 Å². The molecule has 22 heavy (non-hydrogen) atoms. The molecule has 2 aromatic rings. The van der Waals surface area contributed by atoms with E-state index in [0.717, 1.165) is 0 Å². The van der Waals surface area contributed by atoms with Crippen LogP contribution in [-0.2, 0) is 4.79 Å². The van der Waals surface area contributed by atoms with Gasteiger partial charge in [0.05, 0.1) is 18.6 Å². The Hall–Kier alpha value is -2.47. The lowest BCUT2D eigenvalue weighted by molar-refractivity contribution is -0.130.